The van der Waals surface area contributed by atoms with Crippen molar-refractivity contribution in [1.82, 2.24) is 10.6 Å². The Labute approximate surface area is 240 Å². The van der Waals surface area contributed by atoms with Crippen LogP contribution < -0.4 is 20.1 Å². The number of hydrogen-bond donors (Lipinski definition) is 4. The minimum atomic E-state index is 0.184. The molecule has 2 aromatic rings. The molecule has 0 saturated heterocycles. The molecule has 0 bridgehead atoms. The van der Waals surface area contributed by atoms with E-state index in [1.54, 1.807) is 24.6 Å². The SMILES string of the molecule is CCCCCCOc1ccc(C=NCCNCCNCCN=Cc2ccc(OCCCCCC)cc2O)c(O)c1. The van der Waals surface area contributed by atoms with E-state index < -0.39 is 0 Å². The molecular weight excluding hydrogens is 504 g/mol. The average molecular weight is 555 g/mol. The van der Waals surface area contributed by atoms with Crippen LogP contribution in [-0.2, 0) is 0 Å². The lowest BCUT2D eigenvalue weighted by Crippen LogP contribution is -2.30. The van der Waals surface area contributed by atoms with Gasteiger partial charge in [-0.2, -0.15) is 0 Å². The molecule has 0 amide bonds. The third kappa shape index (κ3) is 14.9. The molecule has 0 aliphatic carbocycles. The number of ether oxygens (including phenoxy) is 2. The lowest BCUT2D eigenvalue weighted by molar-refractivity contribution is 0.303. The first kappa shape index (κ1) is 33.1. The second-order valence-electron chi connectivity index (χ2n) is 9.83. The monoisotopic (exact) mass is 554 g/mol. The fraction of sp³-hybridized carbons (Fsp3) is 0.562. The van der Waals surface area contributed by atoms with Crippen LogP contribution in [-0.4, -0.2) is 75.1 Å². The molecule has 0 saturated carbocycles. The van der Waals surface area contributed by atoms with E-state index in [-0.39, 0.29) is 11.5 Å². The number of hydrogen-bond acceptors (Lipinski definition) is 8. The second-order valence-corrected chi connectivity index (χ2v) is 9.83. The highest BCUT2D eigenvalue weighted by molar-refractivity contribution is 5.84. The van der Waals surface area contributed by atoms with Gasteiger partial charge in [-0.05, 0) is 37.1 Å². The molecule has 222 valence electrons. The fourth-order valence-electron chi connectivity index (χ4n) is 3.92. The van der Waals surface area contributed by atoms with Crippen molar-refractivity contribution in [3.8, 4) is 23.0 Å². The maximum Gasteiger partial charge on any atom is 0.128 e. The summed E-state index contributed by atoms with van der Waals surface area (Å²) in [6.45, 7) is 10.2. The highest BCUT2D eigenvalue weighted by atomic mass is 16.5. The molecule has 0 aromatic heterocycles. The number of nitrogens with one attached hydrogen (secondary N) is 2. The molecule has 2 rings (SSSR count). The standard InChI is InChI=1S/C32H50N4O4/c1-3-5-7-9-21-39-29-13-11-27(31(37)23-29)25-35-19-17-33-15-16-34-18-20-36-26-28-12-14-30(24-32(28)38)40-22-10-8-6-4-2/h11-14,23-26,33-34,37-38H,3-10,15-22H2,1-2H3. The molecule has 0 fully saturated rings. The van der Waals surface area contributed by atoms with Crippen LogP contribution in [0.3, 0.4) is 0 Å². The van der Waals surface area contributed by atoms with E-state index in [2.05, 4.69) is 34.5 Å². The van der Waals surface area contributed by atoms with E-state index in [0.717, 1.165) is 39.0 Å². The van der Waals surface area contributed by atoms with Gasteiger partial charge in [-0.25, -0.2) is 0 Å². The summed E-state index contributed by atoms with van der Waals surface area (Å²) in [5.74, 6) is 1.75. The number of phenolic OH excluding ortho intramolecular Hbond substituents is 2. The first-order valence-electron chi connectivity index (χ1n) is 15.0. The zero-order valence-electron chi connectivity index (χ0n) is 24.5. The van der Waals surface area contributed by atoms with Crippen molar-refractivity contribution < 1.29 is 19.7 Å². The molecule has 0 radical (unpaired) electrons. The molecule has 2 aromatic carbocycles. The summed E-state index contributed by atoms with van der Waals surface area (Å²) in [6.07, 6.45) is 12.7. The van der Waals surface area contributed by atoms with Crippen LogP contribution in [0, 0.1) is 0 Å². The number of aliphatic imine (C=N–C) groups is 2. The van der Waals surface area contributed by atoms with Gasteiger partial charge in [-0.3, -0.25) is 9.98 Å². The maximum absolute atomic E-state index is 10.2. The lowest BCUT2D eigenvalue weighted by Gasteiger charge is -2.08. The first-order chi connectivity index (χ1) is 19.6. The summed E-state index contributed by atoms with van der Waals surface area (Å²) in [6, 6.07) is 10.7. The lowest BCUT2D eigenvalue weighted by atomic mass is 10.2. The minimum absolute atomic E-state index is 0.184. The van der Waals surface area contributed by atoms with Gasteiger partial charge in [0.05, 0.1) is 26.3 Å². The molecular formula is C32H50N4O4. The number of aromatic hydroxyl groups is 2. The largest absolute Gasteiger partial charge is 0.507 e. The van der Waals surface area contributed by atoms with E-state index in [9.17, 15) is 10.2 Å². The van der Waals surface area contributed by atoms with Crippen molar-refractivity contribution >= 4 is 12.4 Å². The predicted octanol–water partition coefficient (Wildman–Crippen LogP) is 5.73. The van der Waals surface area contributed by atoms with Gasteiger partial charge in [-0.15, -0.1) is 0 Å². The van der Waals surface area contributed by atoms with Gasteiger partial charge >= 0.3 is 0 Å². The number of unbranched alkanes of at least 4 members (excludes halogenated alkanes) is 6. The van der Waals surface area contributed by atoms with Crippen molar-refractivity contribution in [3.63, 3.8) is 0 Å². The maximum atomic E-state index is 10.2. The summed E-state index contributed by atoms with van der Waals surface area (Å²) in [5, 5.41) is 27.1. The Morgan fingerprint density at radius 3 is 1.48 bits per heavy atom. The zero-order valence-corrected chi connectivity index (χ0v) is 24.5. The van der Waals surface area contributed by atoms with Crippen LogP contribution in [0.5, 0.6) is 23.0 Å². The molecule has 8 nitrogen and oxygen atoms in total. The summed E-state index contributed by atoms with van der Waals surface area (Å²) in [4.78, 5) is 8.79. The number of phenols is 2. The third-order valence-corrected chi connectivity index (χ3v) is 6.31. The first-order valence-corrected chi connectivity index (χ1v) is 15.0. The van der Waals surface area contributed by atoms with Gasteiger partial charge in [0.2, 0.25) is 0 Å². The molecule has 4 N–H and O–H groups in total. The Bertz CT molecular complexity index is 917. The predicted molar refractivity (Wildman–Crippen MR) is 166 cm³/mol. The van der Waals surface area contributed by atoms with Crippen LogP contribution in [0.15, 0.2) is 46.4 Å². The van der Waals surface area contributed by atoms with Crippen LogP contribution in [0.1, 0.15) is 76.3 Å². The van der Waals surface area contributed by atoms with E-state index in [4.69, 9.17) is 9.47 Å². The highest BCUT2D eigenvalue weighted by Crippen LogP contribution is 2.23. The second kappa shape index (κ2) is 21.7. The van der Waals surface area contributed by atoms with E-state index in [1.807, 2.05) is 24.3 Å². The van der Waals surface area contributed by atoms with Crippen LogP contribution in [0.25, 0.3) is 0 Å². The Balaban J connectivity index is 1.50. The summed E-state index contributed by atoms with van der Waals surface area (Å²) < 4.78 is 11.4. The van der Waals surface area contributed by atoms with Gasteiger partial charge in [-0.1, -0.05) is 52.4 Å². The van der Waals surface area contributed by atoms with Crippen LogP contribution >= 0.6 is 0 Å². The molecule has 0 atom stereocenters. The van der Waals surface area contributed by atoms with Gasteiger partial charge in [0, 0.05) is 61.9 Å². The quantitative estimate of drug-likeness (QED) is 0.103. The highest BCUT2D eigenvalue weighted by Gasteiger charge is 2.03. The molecule has 0 unspecified atom stereocenters. The third-order valence-electron chi connectivity index (χ3n) is 6.31. The van der Waals surface area contributed by atoms with Crippen molar-refractivity contribution in [1.29, 1.82) is 0 Å². The van der Waals surface area contributed by atoms with Crippen molar-refractivity contribution in [3.05, 3.63) is 47.5 Å². The van der Waals surface area contributed by atoms with E-state index in [0.29, 0.717) is 48.9 Å². The van der Waals surface area contributed by atoms with Crippen molar-refractivity contribution in [2.45, 2.75) is 65.2 Å². The Hall–Kier alpha value is -3.10. The summed E-state index contributed by atoms with van der Waals surface area (Å²) in [7, 11) is 0. The number of nitrogens with zero attached hydrogens (tertiary/aromatic N) is 2. The van der Waals surface area contributed by atoms with Gasteiger partial charge in [0.1, 0.15) is 23.0 Å². The number of rotatable bonds is 23. The topological polar surface area (TPSA) is 108 Å². The molecule has 0 spiro atoms. The minimum Gasteiger partial charge on any atom is -0.507 e. The summed E-state index contributed by atoms with van der Waals surface area (Å²) in [5.41, 5.74) is 1.38. The number of benzene rings is 2. The Kier molecular flexibility index (Phi) is 18.0. The molecule has 40 heavy (non-hydrogen) atoms. The van der Waals surface area contributed by atoms with Gasteiger partial charge < -0.3 is 30.3 Å². The van der Waals surface area contributed by atoms with Crippen molar-refractivity contribution in [2.75, 3.05) is 52.5 Å². The van der Waals surface area contributed by atoms with Gasteiger partial charge in [0.25, 0.3) is 0 Å². The zero-order chi connectivity index (χ0) is 28.7. The molecule has 0 aliphatic rings. The Morgan fingerprint density at radius 2 is 1.07 bits per heavy atom. The average Bonchev–Trinajstić information content (AvgIpc) is 2.95. The smallest absolute Gasteiger partial charge is 0.128 e. The van der Waals surface area contributed by atoms with E-state index in [1.165, 1.54) is 38.5 Å². The summed E-state index contributed by atoms with van der Waals surface area (Å²) >= 11 is 0. The molecule has 0 heterocycles. The van der Waals surface area contributed by atoms with Crippen LogP contribution in [0.4, 0.5) is 0 Å². The fourth-order valence-corrected chi connectivity index (χ4v) is 3.92. The normalized spacial score (nSPS) is 11.6. The molecule has 8 heteroatoms. The molecule has 0 aliphatic heterocycles. The van der Waals surface area contributed by atoms with Crippen molar-refractivity contribution in [2.24, 2.45) is 9.98 Å². The Morgan fingerprint density at radius 1 is 0.625 bits per heavy atom. The van der Waals surface area contributed by atoms with Gasteiger partial charge in [0.15, 0.2) is 0 Å². The van der Waals surface area contributed by atoms with E-state index >= 15 is 0 Å². The van der Waals surface area contributed by atoms with Crippen LogP contribution in [0.2, 0.25) is 0 Å².